The Morgan fingerprint density at radius 3 is 2.03 bits per heavy atom. The molecule has 0 heterocycles. The van der Waals surface area contributed by atoms with Gasteiger partial charge in [0.1, 0.15) is 17.5 Å². The maximum Gasteiger partial charge on any atom is 0.248 e. The Kier molecular flexibility index (Phi) is 7.50. The number of benzene rings is 2. The third kappa shape index (κ3) is 6.12. The van der Waals surface area contributed by atoms with Crippen LogP contribution in [0.2, 0.25) is 0 Å². The third-order valence-electron chi connectivity index (χ3n) is 4.15. The van der Waals surface area contributed by atoms with Crippen molar-refractivity contribution >= 4 is 27.3 Å². The summed E-state index contributed by atoms with van der Waals surface area (Å²) in [5.74, 6) is 0.885. The standard InChI is InChI=1S/C21H28N2O5S/c1-6-20(21(24)22-16-7-11-19(12-8-16)28-15(2)3)23(29(5,25)26)17-9-13-18(27-4)14-10-17/h7-15,20H,6H2,1-5H3,(H,22,24). The molecule has 0 aromatic heterocycles. The number of carbonyl (C=O) groups is 1. The Balaban J connectivity index is 2.25. The van der Waals surface area contributed by atoms with Crippen molar-refractivity contribution in [2.24, 2.45) is 0 Å². The van der Waals surface area contributed by atoms with Gasteiger partial charge in [-0.3, -0.25) is 9.10 Å². The molecular weight excluding hydrogens is 392 g/mol. The van der Waals surface area contributed by atoms with Gasteiger partial charge in [0, 0.05) is 5.69 Å². The van der Waals surface area contributed by atoms with Crippen LogP contribution in [0.15, 0.2) is 48.5 Å². The summed E-state index contributed by atoms with van der Waals surface area (Å²) in [5, 5.41) is 2.79. The molecule has 1 N–H and O–H groups in total. The van der Waals surface area contributed by atoms with Crippen LogP contribution in [0.25, 0.3) is 0 Å². The van der Waals surface area contributed by atoms with E-state index in [1.54, 1.807) is 55.5 Å². The van der Waals surface area contributed by atoms with E-state index in [1.165, 1.54) is 7.11 Å². The van der Waals surface area contributed by atoms with Crippen molar-refractivity contribution in [3.8, 4) is 11.5 Å². The van der Waals surface area contributed by atoms with Crippen molar-refractivity contribution in [2.45, 2.75) is 39.3 Å². The molecule has 0 aliphatic heterocycles. The number of anilines is 2. The van der Waals surface area contributed by atoms with Gasteiger partial charge in [-0.1, -0.05) is 6.92 Å². The summed E-state index contributed by atoms with van der Waals surface area (Å²) in [6.07, 6.45) is 1.44. The van der Waals surface area contributed by atoms with Crippen molar-refractivity contribution in [1.29, 1.82) is 0 Å². The minimum atomic E-state index is -3.69. The number of nitrogens with zero attached hydrogens (tertiary/aromatic N) is 1. The zero-order valence-corrected chi connectivity index (χ0v) is 18.2. The van der Waals surface area contributed by atoms with Gasteiger partial charge in [0.2, 0.25) is 15.9 Å². The van der Waals surface area contributed by atoms with Crippen LogP contribution in [0.4, 0.5) is 11.4 Å². The summed E-state index contributed by atoms with van der Waals surface area (Å²) < 4.78 is 36.8. The highest BCUT2D eigenvalue weighted by molar-refractivity contribution is 7.92. The first-order valence-electron chi connectivity index (χ1n) is 9.36. The highest BCUT2D eigenvalue weighted by Crippen LogP contribution is 2.26. The minimum Gasteiger partial charge on any atom is -0.497 e. The van der Waals surface area contributed by atoms with Crippen molar-refractivity contribution in [3.05, 3.63) is 48.5 Å². The van der Waals surface area contributed by atoms with Crippen molar-refractivity contribution in [2.75, 3.05) is 23.0 Å². The van der Waals surface area contributed by atoms with Crippen molar-refractivity contribution < 1.29 is 22.7 Å². The lowest BCUT2D eigenvalue weighted by atomic mass is 10.1. The molecule has 7 nitrogen and oxygen atoms in total. The molecule has 158 valence electrons. The van der Waals surface area contributed by atoms with E-state index in [0.29, 0.717) is 29.3 Å². The summed E-state index contributed by atoms with van der Waals surface area (Å²) >= 11 is 0. The number of hydrogen-bond donors (Lipinski definition) is 1. The van der Waals surface area contributed by atoms with E-state index in [2.05, 4.69) is 5.32 Å². The van der Waals surface area contributed by atoms with Crippen LogP contribution in [0.3, 0.4) is 0 Å². The zero-order valence-electron chi connectivity index (χ0n) is 17.4. The normalized spacial score (nSPS) is 12.3. The average Bonchev–Trinajstić information content (AvgIpc) is 2.66. The smallest absolute Gasteiger partial charge is 0.248 e. The molecule has 0 saturated heterocycles. The van der Waals surface area contributed by atoms with E-state index in [0.717, 1.165) is 10.6 Å². The highest BCUT2D eigenvalue weighted by atomic mass is 32.2. The van der Waals surface area contributed by atoms with Crippen LogP contribution < -0.4 is 19.1 Å². The lowest BCUT2D eigenvalue weighted by molar-refractivity contribution is -0.117. The number of amides is 1. The number of carbonyl (C=O) groups excluding carboxylic acids is 1. The van der Waals surface area contributed by atoms with Crippen LogP contribution in [0.5, 0.6) is 11.5 Å². The van der Waals surface area contributed by atoms with E-state index in [1.807, 2.05) is 13.8 Å². The van der Waals surface area contributed by atoms with Gasteiger partial charge in [-0.25, -0.2) is 8.42 Å². The molecule has 0 fully saturated rings. The van der Waals surface area contributed by atoms with Gasteiger partial charge in [0.25, 0.3) is 0 Å². The van der Waals surface area contributed by atoms with Crippen LogP contribution in [0.1, 0.15) is 27.2 Å². The molecule has 2 rings (SSSR count). The van der Waals surface area contributed by atoms with Crippen LogP contribution in [-0.4, -0.2) is 39.8 Å². The monoisotopic (exact) mass is 420 g/mol. The van der Waals surface area contributed by atoms with Crippen LogP contribution >= 0.6 is 0 Å². The van der Waals surface area contributed by atoms with Gasteiger partial charge in [-0.2, -0.15) is 0 Å². The second-order valence-electron chi connectivity index (χ2n) is 6.86. The number of rotatable bonds is 9. The van der Waals surface area contributed by atoms with Crippen molar-refractivity contribution in [1.82, 2.24) is 0 Å². The molecule has 0 spiro atoms. The molecule has 1 atom stereocenters. The summed E-state index contributed by atoms with van der Waals surface area (Å²) in [7, 11) is -2.16. The fourth-order valence-corrected chi connectivity index (χ4v) is 4.12. The maximum atomic E-state index is 12.9. The quantitative estimate of drug-likeness (QED) is 0.669. The molecule has 8 heteroatoms. The Labute approximate surface area is 172 Å². The molecule has 0 radical (unpaired) electrons. The fourth-order valence-electron chi connectivity index (χ4n) is 2.90. The maximum absolute atomic E-state index is 12.9. The van der Waals surface area contributed by atoms with E-state index >= 15 is 0 Å². The lowest BCUT2D eigenvalue weighted by Gasteiger charge is -2.30. The molecule has 0 aliphatic carbocycles. The molecule has 1 amide bonds. The molecule has 0 saturated carbocycles. The van der Waals surface area contributed by atoms with Gasteiger partial charge in [0.05, 0.1) is 25.2 Å². The van der Waals surface area contributed by atoms with E-state index in [-0.39, 0.29) is 6.10 Å². The highest BCUT2D eigenvalue weighted by Gasteiger charge is 2.31. The number of ether oxygens (including phenoxy) is 2. The van der Waals surface area contributed by atoms with Crippen molar-refractivity contribution in [3.63, 3.8) is 0 Å². The number of sulfonamides is 1. The molecule has 1 unspecified atom stereocenters. The zero-order chi connectivity index (χ0) is 21.6. The van der Waals surface area contributed by atoms with E-state index in [4.69, 9.17) is 9.47 Å². The van der Waals surface area contributed by atoms with Gasteiger partial charge in [0.15, 0.2) is 0 Å². The predicted molar refractivity (Wildman–Crippen MR) is 115 cm³/mol. The largest absolute Gasteiger partial charge is 0.497 e. The molecule has 0 bridgehead atoms. The van der Waals surface area contributed by atoms with E-state index < -0.39 is 22.0 Å². The first kappa shape index (κ1) is 22.5. The summed E-state index contributed by atoms with van der Waals surface area (Å²) in [4.78, 5) is 12.9. The second kappa shape index (κ2) is 9.65. The number of hydrogen-bond acceptors (Lipinski definition) is 5. The Bertz CT molecular complexity index is 909. The first-order valence-corrected chi connectivity index (χ1v) is 11.2. The van der Waals surface area contributed by atoms with Gasteiger partial charge in [-0.05, 0) is 68.8 Å². The van der Waals surface area contributed by atoms with Gasteiger partial charge in [-0.15, -0.1) is 0 Å². The number of methoxy groups -OCH3 is 1. The molecular formula is C21H28N2O5S. The van der Waals surface area contributed by atoms with Crippen LogP contribution in [-0.2, 0) is 14.8 Å². The van der Waals surface area contributed by atoms with Gasteiger partial charge < -0.3 is 14.8 Å². The Morgan fingerprint density at radius 2 is 1.59 bits per heavy atom. The molecule has 0 aliphatic rings. The SMILES string of the molecule is CCC(C(=O)Nc1ccc(OC(C)C)cc1)N(c1ccc(OC)cc1)S(C)(=O)=O. The van der Waals surface area contributed by atoms with Gasteiger partial charge >= 0.3 is 0 Å². The topological polar surface area (TPSA) is 84.9 Å². The summed E-state index contributed by atoms with van der Waals surface area (Å²) in [5.41, 5.74) is 0.962. The fraction of sp³-hybridized carbons (Fsp3) is 0.381. The summed E-state index contributed by atoms with van der Waals surface area (Å²) in [6, 6.07) is 12.6. The first-order chi connectivity index (χ1) is 13.7. The van der Waals surface area contributed by atoms with Crippen LogP contribution in [0, 0.1) is 0 Å². The Morgan fingerprint density at radius 1 is 1.03 bits per heavy atom. The minimum absolute atomic E-state index is 0.0488. The molecule has 2 aromatic carbocycles. The third-order valence-corrected chi connectivity index (χ3v) is 5.33. The second-order valence-corrected chi connectivity index (χ2v) is 8.72. The summed E-state index contributed by atoms with van der Waals surface area (Å²) in [6.45, 7) is 5.63. The predicted octanol–water partition coefficient (Wildman–Crippen LogP) is 3.67. The number of nitrogens with one attached hydrogen (secondary N) is 1. The average molecular weight is 421 g/mol. The molecule has 29 heavy (non-hydrogen) atoms. The molecule has 2 aromatic rings. The lowest BCUT2D eigenvalue weighted by Crippen LogP contribution is -2.46. The van der Waals surface area contributed by atoms with E-state index in [9.17, 15) is 13.2 Å². The Hall–Kier alpha value is -2.74.